The molecule has 6 rings (SSSR count). The number of carbonyl (C=O) groups excluding carboxylic acids is 1. The van der Waals surface area contributed by atoms with E-state index < -0.39 is 34.3 Å². The minimum Gasteiger partial charge on any atom is -0.481 e. The number of nitrogen functional groups attached to an aromatic ring is 1. The third-order valence-corrected chi connectivity index (χ3v) is 7.83. The Morgan fingerprint density at radius 3 is 2.60 bits per heavy atom. The Bertz CT molecular complexity index is 1950. The largest absolute Gasteiger partial charge is 0.481 e. The van der Waals surface area contributed by atoms with Gasteiger partial charge in [0.05, 0.1) is 28.7 Å². The van der Waals surface area contributed by atoms with Crippen molar-refractivity contribution >= 4 is 46.0 Å². The van der Waals surface area contributed by atoms with Gasteiger partial charge in [0.1, 0.15) is 35.2 Å². The summed E-state index contributed by atoms with van der Waals surface area (Å²) in [6.07, 6.45) is 1.38. The van der Waals surface area contributed by atoms with Gasteiger partial charge < -0.3 is 20.6 Å². The number of amides is 1. The number of fused-ring (bicyclic) bond motifs is 2. The Morgan fingerprint density at radius 1 is 1.19 bits per heavy atom. The minimum absolute atomic E-state index is 0.000673. The van der Waals surface area contributed by atoms with Crippen molar-refractivity contribution in [2.75, 3.05) is 11.1 Å². The Morgan fingerprint density at radius 2 is 1.91 bits per heavy atom. The summed E-state index contributed by atoms with van der Waals surface area (Å²) >= 11 is 6.24. The lowest BCUT2D eigenvalue weighted by molar-refractivity contribution is -0.146. The van der Waals surface area contributed by atoms with Crippen molar-refractivity contribution in [1.29, 1.82) is 0 Å². The van der Waals surface area contributed by atoms with Crippen LogP contribution in [0.25, 0.3) is 22.4 Å². The van der Waals surface area contributed by atoms with E-state index in [-0.39, 0.29) is 53.1 Å². The van der Waals surface area contributed by atoms with Gasteiger partial charge in [-0.3, -0.25) is 14.3 Å². The van der Waals surface area contributed by atoms with E-state index in [1.807, 2.05) is 0 Å². The third-order valence-electron chi connectivity index (χ3n) is 7.60. The molecule has 11 nitrogen and oxygen atoms in total. The van der Waals surface area contributed by atoms with Gasteiger partial charge in [-0.25, -0.2) is 23.7 Å². The standard InChI is InChI=1S/C29H24ClF2N7O4/c1-28(2,27(41)42)10-14-12-43-26(34-14)29(3)20-22(33)35-24(36-23(20)37-25(29)40)21-15-8-7-13(30)9-19(15)39(38-21)11-16-17(31)5-4-6-18(16)32/h4-9,12H,10-11H2,1-3H3,(H,41,42)(H3,33,35,36,37,40). The van der Waals surface area contributed by atoms with Gasteiger partial charge in [-0.05, 0) is 51.1 Å². The molecule has 0 radical (unpaired) electrons. The molecule has 1 unspecified atom stereocenters. The number of nitrogens with two attached hydrogens (primary N) is 1. The van der Waals surface area contributed by atoms with E-state index in [1.165, 1.54) is 17.0 Å². The highest BCUT2D eigenvalue weighted by atomic mass is 35.5. The van der Waals surface area contributed by atoms with Crippen molar-refractivity contribution in [2.24, 2.45) is 5.41 Å². The van der Waals surface area contributed by atoms with Crippen LogP contribution in [0.2, 0.25) is 5.02 Å². The van der Waals surface area contributed by atoms with Crippen LogP contribution in [-0.2, 0) is 28.0 Å². The van der Waals surface area contributed by atoms with Gasteiger partial charge in [-0.1, -0.05) is 17.7 Å². The van der Waals surface area contributed by atoms with Crippen LogP contribution < -0.4 is 11.1 Å². The van der Waals surface area contributed by atoms with Gasteiger partial charge >= 0.3 is 5.97 Å². The molecule has 1 aliphatic heterocycles. The highest BCUT2D eigenvalue weighted by Crippen LogP contribution is 2.45. The van der Waals surface area contributed by atoms with Crippen molar-refractivity contribution in [3.63, 3.8) is 0 Å². The molecule has 1 amide bonds. The molecule has 14 heteroatoms. The van der Waals surface area contributed by atoms with Crippen LogP contribution in [-0.4, -0.2) is 41.7 Å². The van der Waals surface area contributed by atoms with E-state index in [1.54, 1.807) is 39.0 Å². The maximum absolute atomic E-state index is 14.5. The number of carbonyl (C=O) groups is 2. The molecule has 1 aliphatic rings. The van der Waals surface area contributed by atoms with Crippen LogP contribution in [0.15, 0.2) is 47.1 Å². The summed E-state index contributed by atoms with van der Waals surface area (Å²) in [4.78, 5) is 38.3. The minimum atomic E-state index is -1.51. The van der Waals surface area contributed by atoms with Gasteiger partial charge in [0.15, 0.2) is 11.2 Å². The predicted molar refractivity (Wildman–Crippen MR) is 152 cm³/mol. The molecule has 220 valence electrons. The van der Waals surface area contributed by atoms with Crippen LogP contribution in [0.1, 0.15) is 43.5 Å². The lowest BCUT2D eigenvalue weighted by Crippen LogP contribution is -2.33. The van der Waals surface area contributed by atoms with Crippen molar-refractivity contribution in [3.8, 4) is 11.5 Å². The number of anilines is 2. The normalized spacial score (nSPS) is 16.5. The fourth-order valence-corrected chi connectivity index (χ4v) is 5.30. The first kappa shape index (κ1) is 28.2. The first-order chi connectivity index (χ1) is 20.3. The zero-order chi connectivity index (χ0) is 30.8. The van der Waals surface area contributed by atoms with Gasteiger partial charge in [0.25, 0.3) is 0 Å². The van der Waals surface area contributed by atoms with Crippen molar-refractivity contribution in [1.82, 2.24) is 24.7 Å². The molecule has 0 bridgehead atoms. The fraction of sp³-hybridized carbons (Fsp3) is 0.241. The van der Waals surface area contributed by atoms with Crippen molar-refractivity contribution in [2.45, 2.75) is 39.2 Å². The molecule has 0 fully saturated rings. The van der Waals surface area contributed by atoms with Crippen LogP contribution in [0.5, 0.6) is 0 Å². The average Bonchev–Trinajstić information content (AvgIpc) is 3.61. The molecule has 2 aromatic carbocycles. The molecular weight excluding hydrogens is 584 g/mol. The topological polar surface area (TPSA) is 162 Å². The van der Waals surface area contributed by atoms with Crippen LogP contribution in [0.4, 0.5) is 20.4 Å². The Balaban J connectivity index is 1.43. The average molecular weight is 608 g/mol. The van der Waals surface area contributed by atoms with E-state index >= 15 is 0 Å². The van der Waals surface area contributed by atoms with Gasteiger partial charge in [0.2, 0.25) is 11.8 Å². The lowest BCUT2D eigenvalue weighted by Gasteiger charge is -2.19. The number of benzene rings is 2. The second-order valence-electron chi connectivity index (χ2n) is 11.1. The number of nitrogens with zero attached hydrogens (tertiary/aromatic N) is 5. The predicted octanol–water partition coefficient (Wildman–Crippen LogP) is 4.95. The maximum atomic E-state index is 14.5. The molecule has 4 heterocycles. The monoisotopic (exact) mass is 607 g/mol. The molecule has 0 saturated carbocycles. The summed E-state index contributed by atoms with van der Waals surface area (Å²) < 4.78 is 36.0. The first-order valence-electron chi connectivity index (χ1n) is 13.1. The molecule has 0 spiro atoms. The SMILES string of the molecule is CC(C)(Cc1coc(C2(C)C(=O)Nc3nc(-c4nn(Cc5c(F)cccc5F)c5cc(Cl)ccc45)nc(N)c32)n1)C(=O)O. The van der Waals surface area contributed by atoms with E-state index in [2.05, 4.69) is 25.4 Å². The second-order valence-corrected chi connectivity index (χ2v) is 11.5. The Hall–Kier alpha value is -4.91. The lowest BCUT2D eigenvalue weighted by atomic mass is 9.84. The number of carboxylic acids is 1. The summed E-state index contributed by atoms with van der Waals surface area (Å²) in [5.74, 6) is -2.88. The summed E-state index contributed by atoms with van der Waals surface area (Å²) in [6.45, 7) is 4.43. The van der Waals surface area contributed by atoms with Gasteiger partial charge in [-0.15, -0.1) is 0 Å². The quantitative estimate of drug-likeness (QED) is 0.232. The first-order valence-corrected chi connectivity index (χ1v) is 13.4. The van der Waals surface area contributed by atoms with Crippen LogP contribution in [0, 0.1) is 17.0 Å². The number of aliphatic carboxylic acids is 1. The summed E-state index contributed by atoms with van der Waals surface area (Å²) in [5.41, 5.74) is 4.91. The number of aromatic nitrogens is 5. The molecule has 0 saturated heterocycles. The smallest absolute Gasteiger partial charge is 0.309 e. The molecule has 43 heavy (non-hydrogen) atoms. The van der Waals surface area contributed by atoms with Gasteiger partial charge in [-0.2, -0.15) is 5.10 Å². The van der Waals surface area contributed by atoms with Crippen LogP contribution in [0.3, 0.4) is 0 Å². The highest BCUT2D eigenvalue weighted by Gasteiger charge is 2.51. The Kier molecular flexibility index (Phi) is 6.45. The van der Waals surface area contributed by atoms with Crippen molar-refractivity contribution in [3.05, 3.63) is 82.0 Å². The maximum Gasteiger partial charge on any atom is 0.309 e. The number of oxazole rings is 1. The number of halogens is 3. The molecule has 5 aromatic rings. The molecular formula is C29H24ClF2N7O4. The molecule has 1 atom stereocenters. The summed E-state index contributed by atoms with van der Waals surface area (Å²) in [6, 6.07) is 8.50. The summed E-state index contributed by atoms with van der Waals surface area (Å²) in [5, 5.41) is 17.7. The van der Waals surface area contributed by atoms with Gasteiger partial charge in [0, 0.05) is 22.4 Å². The molecule has 3 aromatic heterocycles. The number of rotatable bonds is 7. The number of nitrogens with one attached hydrogen (secondary N) is 1. The Labute approximate surface area is 247 Å². The summed E-state index contributed by atoms with van der Waals surface area (Å²) in [7, 11) is 0. The number of carboxylic acid groups (broad SMARTS) is 1. The van der Waals surface area contributed by atoms with E-state index in [0.29, 0.717) is 21.6 Å². The number of hydrogen-bond donors (Lipinski definition) is 3. The third kappa shape index (κ3) is 4.56. The highest BCUT2D eigenvalue weighted by molar-refractivity contribution is 6.31. The van der Waals surface area contributed by atoms with E-state index in [4.69, 9.17) is 21.8 Å². The zero-order valence-corrected chi connectivity index (χ0v) is 23.8. The zero-order valence-electron chi connectivity index (χ0n) is 23.1. The van der Waals surface area contributed by atoms with E-state index in [9.17, 15) is 23.5 Å². The number of hydrogen-bond acceptors (Lipinski definition) is 8. The van der Waals surface area contributed by atoms with Crippen molar-refractivity contribution < 1.29 is 27.9 Å². The van der Waals surface area contributed by atoms with Crippen LogP contribution >= 0.6 is 11.6 Å². The van der Waals surface area contributed by atoms with E-state index in [0.717, 1.165) is 12.1 Å². The molecule has 0 aliphatic carbocycles. The second kappa shape index (κ2) is 9.83. The molecule has 4 N–H and O–H groups in total. The fourth-order valence-electron chi connectivity index (χ4n) is 5.13.